The van der Waals surface area contributed by atoms with E-state index in [0.29, 0.717) is 10.9 Å². The molecule has 0 fully saturated rings. The van der Waals surface area contributed by atoms with E-state index in [1.54, 1.807) is 12.1 Å². The van der Waals surface area contributed by atoms with E-state index in [4.69, 9.17) is 0 Å². The molecule has 0 atom stereocenters. The van der Waals surface area contributed by atoms with Crippen LogP contribution in [0.3, 0.4) is 0 Å². The van der Waals surface area contributed by atoms with Gasteiger partial charge in [0.1, 0.15) is 0 Å². The van der Waals surface area contributed by atoms with Crippen molar-refractivity contribution in [1.82, 2.24) is 5.32 Å². The first-order chi connectivity index (χ1) is 8.30. The van der Waals surface area contributed by atoms with Gasteiger partial charge >= 0.3 is 0 Å². The number of nitrogens with zero attached hydrogens (tertiary/aromatic N) is 1. The van der Waals surface area contributed by atoms with E-state index in [0.717, 1.165) is 18.8 Å². The van der Waals surface area contributed by atoms with Gasteiger partial charge in [-0.25, -0.2) is 8.42 Å². The highest BCUT2D eigenvalue weighted by atomic mass is 32.2. The average Bonchev–Trinajstić information content (AvgIpc) is 2.27. The Morgan fingerprint density at radius 3 is 2.22 bits per heavy atom. The van der Waals surface area contributed by atoms with Crippen LogP contribution in [0.2, 0.25) is 0 Å². The zero-order chi connectivity index (χ0) is 13.8. The largest absolute Gasteiger partial charge is 0.373 e. The molecular formula is C13H22N2O2S. The van der Waals surface area contributed by atoms with E-state index in [1.807, 2.05) is 19.2 Å². The molecule has 18 heavy (non-hydrogen) atoms. The van der Waals surface area contributed by atoms with E-state index in [1.165, 1.54) is 6.26 Å². The lowest BCUT2D eigenvalue weighted by molar-refractivity contribution is 0.589. The molecule has 0 spiro atoms. The van der Waals surface area contributed by atoms with Crippen molar-refractivity contribution >= 4 is 15.5 Å². The van der Waals surface area contributed by atoms with Gasteiger partial charge in [-0.15, -0.1) is 0 Å². The second-order valence-electron chi connectivity index (χ2n) is 4.80. The summed E-state index contributed by atoms with van der Waals surface area (Å²) < 4.78 is 22.7. The molecule has 1 N–H and O–H groups in total. The molecule has 1 rings (SSSR count). The first-order valence-electron chi connectivity index (χ1n) is 6.05. The number of hydrogen-bond acceptors (Lipinski definition) is 4. The van der Waals surface area contributed by atoms with Gasteiger partial charge in [0.05, 0.1) is 4.90 Å². The van der Waals surface area contributed by atoms with Crippen molar-refractivity contribution in [3.05, 3.63) is 24.3 Å². The SMILES string of the molecule is CC(C)NCCN(C)c1ccc(S(C)(=O)=O)cc1. The molecule has 0 unspecified atom stereocenters. The van der Waals surface area contributed by atoms with Crippen LogP contribution in [0.15, 0.2) is 29.2 Å². The third-order valence-corrected chi connectivity index (χ3v) is 3.83. The molecule has 1 aromatic rings. The van der Waals surface area contributed by atoms with E-state index in [9.17, 15) is 8.42 Å². The lowest BCUT2D eigenvalue weighted by Gasteiger charge is -2.20. The van der Waals surface area contributed by atoms with Crippen LogP contribution in [-0.2, 0) is 9.84 Å². The van der Waals surface area contributed by atoms with Gasteiger partial charge in [0.2, 0.25) is 0 Å². The van der Waals surface area contributed by atoms with Crippen molar-refractivity contribution in [2.45, 2.75) is 24.8 Å². The summed E-state index contributed by atoms with van der Waals surface area (Å²) in [7, 11) is -1.11. The maximum atomic E-state index is 11.3. The van der Waals surface area contributed by atoms with Crippen LogP contribution in [0, 0.1) is 0 Å². The molecule has 0 amide bonds. The van der Waals surface area contributed by atoms with Crippen molar-refractivity contribution in [2.75, 3.05) is 31.3 Å². The molecule has 5 heteroatoms. The normalized spacial score (nSPS) is 11.8. The number of rotatable bonds is 6. The van der Waals surface area contributed by atoms with E-state index < -0.39 is 9.84 Å². The van der Waals surface area contributed by atoms with Gasteiger partial charge in [-0.1, -0.05) is 13.8 Å². The molecule has 0 aromatic heterocycles. The molecule has 1 aromatic carbocycles. The lowest BCUT2D eigenvalue weighted by Crippen LogP contribution is -2.32. The minimum atomic E-state index is -3.10. The summed E-state index contributed by atoms with van der Waals surface area (Å²) in [4.78, 5) is 2.46. The number of nitrogens with one attached hydrogen (secondary N) is 1. The predicted molar refractivity (Wildman–Crippen MR) is 76.0 cm³/mol. The monoisotopic (exact) mass is 270 g/mol. The zero-order valence-corrected chi connectivity index (χ0v) is 12.3. The van der Waals surface area contributed by atoms with Crippen molar-refractivity contribution < 1.29 is 8.42 Å². The van der Waals surface area contributed by atoms with Crippen LogP contribution in [0.5, 0.6) is 0 Å². The molecule has 0 aliphatic carbocycles. The Kier molecular flexibility index (Phi) is 5.16. The third-order valence-electron chi connectivity index (χ3n) is 2.71. The first kappa shape index (κ1) is 15.0. The topological polar surface area (TPSA) is 49.4 Å². The predicted octanol–water partition coefficient (Wildman–Crippen LogP) is 1.52. The fourth-order valence-corrected chi connectivity index (χ4v) is 2.23. The summed E-state index contributed by atoms with van der Waals surface area (Å²) in [6.07, 6.45) is 1.22. The molecule has 0 bridgehead atoms. The molecule has 0 aliphatic rings. The number of hydrogen-bond donors (Lipinski definition) is 1. The summed E-state index contributed by atoms with van der Waals surface area (Å²) in [6.45, 7) is 6.01. The van der Waals surface area contributed by atoms with Crippen molar-refractivity contribution in [3.63, 3.8) is 0 Å². The molecule has 0 aliphatic heterocycles. The van der Waals surface area contributed by atoms with Crippen LogP contribution < -0.4 is 10.2 Å². The molecule has 4 nitrogen and oxygen atoms in total. The first-order valence-corrected chi connectivity index (χ1v) is 7.94. The molecule has 0 saturated heterocycles. The molecule has 0 heterocycles. The van der Waals surface area contributed by atoms with Crippen LogP contribution in [0.1, 0.15) is 13.8 Å². The maximum Gasteiger partial charge on any atom is 0.175 e. The Morgan fingerprint density at radius 2 is 1.78 bits per heavy atom. The summed E-state index contributed by atoms with van der Waals surface area (Å²) in [5, 5.41) is 3.34. The standard InChI is InChI=1S/C13H22N2O2S/c1-11(2)14-9-10-15(3)12-5-7-13(8-6-12)18(4,16)17/h5-8,11,14H,9-10H2,1-4H3. The zero-order valence-electron chi connectivity index (χ0n) is 11.5. The Bertz CT molecular complexity index is 466. The number of sulfone groups is 1. The maximum absolute atomic E-state index is 11.3. The summed E-state index contributed by atoms with van der Waals surface area (Å²) in [5.74, 6) is 0. The second-order valence-corrected chi connectivity index (χ2v) is 6.81. The van der Waals surface area contributed by atoms with Gasteiger partial charge in [0.25, 0.3) is 0 Å². The highest BCUT2D eigenvalue weighted by Crippen LogP contribution is 2.16. The highest BCUT2D eigenvalue weighted by molar-refractivity contribution is 7.90. The van der Waals surface area contributed by atoms with Gasteiger partial charge in [0, 0.05) is 38.1 Å². The van der Waals surface area contributed by atoms with Gasteiger partial charge in [-0.05, 0) is 24.3 Å². The van der Waals surface area contributed by atoms with Gasteiger partial charge in [-0.2, -0.15) is 0 Å². The Labute approximate surface area is 110 Å². The Morgan fingerprint density at radius 1 is 1.22 bits per heavy atom. The minimum Gasteiger partial charge on any atom is -0.373 e. The summed E-state index contributed by atoms with van der Waals surface area (Å²) >= 11 is 0. The van der Waals surface area contributed by atoms with Crippen LogP contribution in [0.25, 0.3) is 0 Å². The minimum absolute atomic E-state index is 0.361. The molecule has 0 radical (unpaired) electrons. The van der Waals surface area contributed by atoms with Gasteiger partial charge in [0.15, 0.2) is 9.84 Å². The molecule has 102 valence electrons. The number of anilines is 1. The molecule has 0 saturated carbocycles. The summed E-state index contributed by atoms with van der Waals surface area (Å²) in [6, 6.07) is 7.46. The van der Waals surface area contributed by atoms with Gasteiger partial charge < -0.3 is 10.2 Å². The van der Waals surface area contributed by atoms with Crippen LogP contribution in [0.4, 0.5) is 5.69 Å². The second kappa shape index (κ2) is 6.20. The Balaban J connectivity index is 2.62. The van der Waals surface area contributed by atoms with Crippen molar-refractivity contribution in [3.8, 4) is 0 Å². The fourth-order valence-electron chi connectivity index (χ4n) is 1.60. The average molecular weight is 270 g/mol. The van der Waals surface area contributed by atoms with E-state index in [2.05, 4.69) is 24.1 Å². The van der Waals surface area contributed by atoms with Crippen LogP contribution in [-0.4, -0.2) is 40.9 Å². The lowest BCUT2D eigenvalue weighted by atomic mass is 10.3. The number of likely N-dealkylation sites (N-methyl/N-ethyl adjacent to an activating group) is 1. The smallest absolute Gasteiger partial charge is 0.175 e. The van der Waals surface area contributed by atoms with E-state index in [-0.39, 0.29) is 0 Å². The summed E-state index contributed by atoms with van der Waals surface area (Å²) in [5.41, 5.74) is 1.02. The third kappa shape index (κ3) is 4.66. The van der Waals surface area contributed by atoms with E-state index >= 15 is 0 Å². The highest BCUT2D eigenvalue weighted by Gasteiger charge is 2.07. The van der Waals surface area contributed by atoms with Crippen molar-refractivity contribution in [2.24, 2.45) is 0 Å². The fraction of sp³-hybridized carbons (Fsp3) is 0.538. The van der Waals surface area contributed by atoms with Crippen molar-refractivity contribution in [1.29, 1.82) is 0 Å². The van der Waals surface area contributed by atoms with Crippen LogP contribution >= 0.6 is 0 Å². The quantitative estimate of drug-likeness (QED) is 0.851. The van der Waals surface area contributed by atoms with Gasteiger partial charge in [-0.3, -0.25) is 0 Å². The Hall–Kier alpha value is -1.07. The molecular weight excluding hydrogens is 248 g/mol. The number of benzene rings is 1.